The van der Waals surface area contributed by atoms with Gasteiger partial charge >= 0.3 is 0 Å². The van der Waals surface area contributed by atoms with E-state index >= 15 is 0 Å². The molecule has 0 aliphatic rings. The van der Waals surface area contributed by atoms with Crippen molar-refractivity contribution in [1.29, 1.82) is 0 Å². The number of hydrogen-bond acceptors (Lipinski definition) is 3. The summed E-state index contributed by atoms with van der Waals surface area (Å²) in [5, 5.41) is 0. The van der Waals surface area contributed by atoms with E-state index in [9.17, 15) is 0 Å². The fraction of sp³-hybridized carbons (Fsp3) is 1.00. The van der Waals surface area contributed by atoms with Crippen molar-refractivity contribution in [3.05, 3.63) is 0 Å². The lowest BCUT2D eigenvalue weighted by Crippen LogP contribution is -1.94. The predicted octanol–water partition coefficient (Wildman–Crippen LogP) is 1.71. The second-order valence-corrected chi connectivity index (χ2v) is 2.12. The van der Waals surface area contributed by atoms with E-state index in [1.54, 1.807) is 14.2 Å². The second kappa shape index (κ2) is 17.1. The molecule has 0 aromatic rings. The van der Waals surface area contributed by atoms with Crippen molar-refractivity contribution in [1.82, 2.24) is 0 Å². The van der Waals surface area contributed by atoms with E-state index in [0.29, 0.717) is 0 Å². The molecule has 0 aromatic carbocycles. The molecule has 0 saturated heterocycles. The molecule has 0 aromatic heterocycles. The third-order valence-electron chi connectivity index (χ3n) is 1.11. The summed E-state index contributed by atoms with van der Waals surface area (Å²) >= 11 is 0. The molecule has 0 spiro atoms. The van der Waals surface area contributed by atoms with Crippen LogP contribution in [0.5, 0.6) is 0 Å². The zero-order chi connectivity index (χ0) is 9.66. The molecule has 0 atom stereocenters. The van der Waals surface area contributed by atoms with E-state index in [1.807, 2.05) is 13.8 Å². The highest BCUT2D eigenvalue weighted by Gasteiger charge is 1.79. The lowest BCUT2D eigenvalue weighted by Gasteiger charge is -1.94. The maximum atomic E-state index is 4.83. The minimum Gasteiger partial charge on any atom is -0.385 e. The standard InChI is InChI=1S/C5H12O2.C4H10O/c1-6-4-3-5-7-2;1-3-5-4-2/h3-5H2,1-2H3;3-4H2,1-2H3. The quantitative estimate of drug-likeness (QED) is 0.579. The lowest BCUT2D eigenvalue weighted by molar-refractivity contribution is 0.138. The molecule has 12 heavy (non-hydrogen) atoms. The van der Waals surface area contributed by atoms with Crippen LogP contribution in [-0.4, -0.2) is 40.6 Å². The van der Waals surface area contributed by atoms with Crippen LogP contribution in [0.15, 0.2) is 0 Å². The maximum Gasteiger partial charge on any atom is 0.0484 e. The Kier molecular flexibility index (Phi) is 20.5. The summed E-state index contributed by atoms with van der Waals surface area (Å²) in [6.45, 7) is 7.27. The van der Waals surface area contributed by atoms with Crippen LogP contribution < -0.4 is 0 Å². The minimum atomic E-state index is 0.799. The van der Waals surface area contributed by atoms with Crippen LogP contribution in [0.1, 0.15) is 20.3 Å². The summed E-state index contributed by atoms with van der Waals surface area (Å²) in [5.41, 5.74) is 0. The SMILES string of the molecule is CCOCC.COCCCOC. The first-order valence-electron chi connectivity index (χ1n) is 4.39. The number of ether oxygens (including phenoxy) is 3. The number of methoxy groups -OCH3 is 2. The molecule has 3 nitrogen and oxygen atoms in total. The normalized spacial score (nSPS) is 9.00. The first-order chi connectivity index (χ1) is 5.83. The van der Waals surface area contributed by atoms with Crippen molar-refractivity contribution in [3.8, 4) is 0 Å². The first kappa shape index (κ1) is 14.4. The van der Waals surface area contributed by atoms with Crippen LogP contribution in [0, 0.1) is 0 Å². The largest absolute Gasteiger partial charge is 0.385 e. The third-order valence-corrected chi connectivity index (χ3v) is 1.11. The number of hydrogen-bond donors (Lipinski definition) is 0. The molecule has 3 heteroatoms. The second-order valence-electron chi connectivity index (χ2n) is 2.12. The van der Waals surface area contributed by atoms with Crippen molar-refractivity contribution in [2.45, 2.75) is 20.3 Å². The van der Waals surface area contributed by atoms with Gasteiger partial charge < -0.3 is 14.2 Å². The van der Waals surface area contributed by atoms with Crippen LogP contribution >= 0.6 is 0 Å². The van der Waals surface area contributed by atoms with Crippen LogP contribution in [0.25, 0.3) is 0 Å². The van der Waals surface area contributed by atoms with Gasteiger partial charge in [-0.15, -0.1) is 0 Å². The highest BCUT2D eigenvalue weighted by molar-refractivity contribution is 4.28. The van der Waals surface area contributed by atoms with Gasteiger partial charge in [0, 0.05) is 40.6 Å². The molecule has 0 rings (SSSR count). The van der Waals surface area contributed by atoms with Gasteiger partial charge in [-0.3, -0.25) is 0 Å². The first-order valence-corrected chi connectivity index (χ1v) is 4.39. The molecule has 0 aliphatic heterocycles. The van der Waals surface area contributed by atoms with Crippen molar-refractivity contribution in [2.75, 3.05) is 40.6 Å². The Morgan fingerprint density at radius 2 is 1.25 bits per heavy atom. The summed E-state index contributed by atoms with van der Waals surface area (Å²) < 4.78 is 14.4. The van der Waals surface area contributed by atoms with E-state index in [2.05, 4.69) is 0 Å². The van der Waals surface area contributed by atoms with Crippen molar-refractivity contribution >= 4 is 0 Å². The van der Waals surface area contributed by atoms with Gasteiger partial charge in [-0.1, -0.05) is 0 Å². The Balaban J connectivity index is 0. The Labute approximate surface area is 76.0 Å². The molecule has 0 unspecified atom stereocenters. The Hall–Kier alpha value is -0.120. The van der Waals surface area contributed by atoms with E-state index in [0.717, 1.165) is 32.8 Å². The molecule has 76 valence electrons. The molecule has 0 heterocycles. The van der Waals surface area contributed by atoms with E-state index in [4.69, 9.17) is 14.2 Å². The fourth-order valence-electron chi connectivity index (χ4n) is 0.552. The summed E-state index contributed by atoms with van der Waals surface area (Å²) in [7, 11) is 3.38. The monoisotopic (exact) mass is 178 g/mol. The number of rotatable bonds is 6. The topological polar surface area (TPSA) is 27.7 Å². The highest BCUT2D eigenvalue weighted by atomic mass is 16.5. The summed E-state index contributed by atoms with van der Waals surface area (Å²) in [6, 6.07) is 0. The average molecular weight is 178 g/mol. The van der Waals surface area contributed by atoms with Crippen LogP contribution in [0.3, 0.4) is 0 Å². The van der Waals surface area contributed by atoms with Crippen LogP contribution in [0.4, 0.5) is 0 Å². The molecule has 0 fully saturated rings. The Morgan fingerprint density at radius 1 is 0.833 bits per heavy atom. The van der Waals surface area contributed by atoms with Crippen LogP contribution in [-0.2, 0) is 14.2 Å². The zero-order valence-electron chi connectivity index (χ0n) is 8.76. The van der Waals surface area contributed by atoms with Crippen molar-refractivity contribution < 1.29 is 14.2 Å². The van der Waals surface area contributed by atoms with Crippen LogP contribution in [0.2, 0.25) is 0 Å². The average Bonchev–Trinajstić information content (AvgIpc) is 2.08. The van der Waals surface area contributed by atoms with Gasteiger partial charge in [0.1, 0.15) is 0 Å². The molecule has 0 radical (unpaired) electrons. The maximum absolute atomic E-state index is 4.83. The summed E-state index contributed by atoms with van der Waals surface area (Å²) in [4.78, 5) is 0. The van der Waals surface area contributed by atoms with E-state index < -0.39 is 0 Å². The molecular weight excluding hydrogens is 156 g/mol. The van der Waals surface area contributed by atoms with Gasteiger partial charge in [-0.2, -0.15) is 0 Å². The zero-order valence-corrected chi connectivity index (χ0v) is 8.76. The summed E-state index contributed by atoms with van der Waals surface area (Å²) in [5.74, 6) is 0. The highest BCUT2D eigenvalue weighted by Crippen LogP contribution is 1.78. The van der Waals surface area contributed by atoms with Gasteiger partial charge in [0.15, 0.2) is 0 Å². The van der Waals surface area contributed by atoms with Crippen molar-refractivity contribution in [3.63, 3.8) is 0 Å². The molecule has 0 amide bonds. The Morgan fingerprint density at radius 3 is 1.42 bits per heavy atom. The van der Waals surface area contributed by atoms with Gasteiger partial charge in [0.25, 0.3) is 0 Å². The molecule has 0 aliphatic carbocycles. The Bertz CT molecular complexity index is 51.7. The van der Waals surface area contributed by atoms with Gasteiger partial charge in [-0.05, 0) is 20.3 Å². The van der Waals surface area contributed by atoms with Crippen molar-refractivity contribution in [2.24, 2.45) is 0 Å². The molecule has 0 bridgehead atoms. The van der Waals surface area contributed by atoms with E-state index in [1.165, 1.54) is 0 Å². The smallest absolute Gasteiger partial charge is 0.0484 e. The minimum absolute atomic E-state index is 0.799. The fourth-order valence-corrected chi connectivity index (χ4v) is 0.552. The molecular formula is C9H22O3. The van der Waals surface area contributed by atoms with Gasteiger partial charge in [0.05, 0.1) is 0 Å². The lowest BCUT2D eigenvalue weighted by atomic mass is 10.5. The summed E-state index contributed by atoms with van der Waals surface area (Å²) in [6.07, 6.45) is 0.993. The predicted molar refractivity (Wildman–Crippen MR) is 50.5 cm³/mol. The molecule has 0 saturated carbocycles. The molecule has 0 N–H and O–H groups in total. The third kappa shape index (κ3) is 22.5. The van der Waals surface area contributed by atoms with Gasteiger partial charge in [-0.25, -0.2) is 0 Å². The van der Waals surface area contributed by atoms with E-state index in [-0.39, 0.29) is 0 Å². The van der Waals surface area contributed by atoms with Gasteiger partial charge in [0.2, 0.25) is 0 Å².